The van der Waals surface area contributed by atoms with Gasteiger partial charge in [-0.1, -0.05) is 0 Å². The number of rotatable bonds is 1. The van der Waals surface area contributed by atoms with Crippen LogP contribution in [0.15, 0.2) is 35.2 Å². The summed E-state index contributed by atoms with van der Waals surface area (Å²) in [6, 6.07) is 3.81. The molecule has 6 heteroatoms. The Morgan fingerprint density at radius 3 is 3.00 bits per heavy atom. The number of hydrogen-bond acceptors (Lipinski definition) is 4. The van der Waals surface area contributed by atoms with Crippen molar-refractivity contribution in [3.8, 4) is 11.3 Å². The van der Waals surface area contributed by atoms with Gasteiger partial charge in [-0.15, -0.1) is 0 Å². The lowest BCUT2D eigenvalue weighted by Gasteiger charge is -1.99. The van der Waals surface area contributed by atoms with E-state index in [0.29, 0.717) is 0 Å². The molecule has 0 spiro atoms. The predicted octanol–water partition coefficient (Wildman–Crippen LogP) is 2.36. The van der Waals surface area contributed by atoms with Crippen LogP contribution < -0.4 is 5.73 Å². The molecule has 3 aromatic rings. The summed E-state index contributed by atoms with van der Waals surface area (Å²) in [7, 11) is 0. The maximum absolute atomic E-state index is 5.58. The first kappa shape index (κ1) is 10.2. The number of pyridine rings is 1. The number of nitrogen functional groups attached to an aromatic ring is 1. The molecule has 84 valence electrons. The molecule has 3 N–H and O–H groups in total. The largest absolute Gasteiger partial charge is 0.368 e. The molecular formula is C11H8BrN5. The van der Waals surface area contributed by atoms with Crippen LogP contribution in [0, 0.1) is 0 Å². The van der Waals surface area contributed by atoms with Crippen molar-refractivity contribution in [1.82, 2.24) is 19.9 Å². The van der Waals surface area contributed by atoms with Gasteiger partial charge in [0.05, 0.1) is 5.69 Å². The Kier molecular flexibility index (Phi) is 2.29. The van der Waals surface area contributed by atoms with E-state index in [0.717, 1.165) is 26.8 Å². The van der Waals surface area contributed by atoms with E-state index < -0.39 is 0 Å². The van der Waals surface area contributed by atoms with Crippen LogP contribution in [0.1, 0.15) is 0 Å². The zero-order valence-corrected chi connectivity index (χ0v) is 10.3. The minimum Gasteiger partial charge on any atom is -0.368 e. The number of H-pyrrole nitrogens is 1. The van der Waals surface area contributed by atoms with Gasteiger partial charge in [0.25, 0.3) is 0 Å². The number of anilines is 1. The van der Waals surface area contributed by atoms with E-state index in [4.69, 9.17) is 5.73 Å². The fourth-order valence-corrected chi connectivity index (χ4v) is 2.04. The summed E-state index contributed by atoms with van der Waals surface area (Å²) in [5, 5.41) is 0.998. The average molecular weight is 290 g/mol. The molecule has 3 aromatic heterocycles. The van der Waals surface area contributed by atoms with Crippen molar-refractivity contribution < 1.29 is 0 Å². The van der Waals surface area contributed by atoms with Crippen LogP contribution in [0.2, 0.25) is 0 Å². The van der Waals surface area contributed by atoms with Crippen LogP contribution >= 0.6 is 15.9 Å². The first-order valence-corrected chi connectivity index (χ1v) is 5.75. The average Bonchev–Trinajstić information content (AvgIpc) is 2.71. The molecule has 0 atom stereocenters. The van der Waals surface area contributed by atoms with Gasteiger partial charge >= 0.3 is 0 Å². The van der Waals surface area contributed by atoms with E-state index in [2.05, 4.69) is 35.9 Å². The molecule has 17 heavy (non-hydrogen) atoms. The summed E-state index contributed by atoms with van der Waals surface area (Å²) in [6.07, 6.45) is 5.25. The zero-order chi connectivity index (χ0) is 11.8. The third-order valence-corrected chi connectivity index (χ3v) is 2.88. The van der Waals surface area contributed by atoms with Crippen LogP contribution in [0.5, 0.6) is 0 Å². The topological polar surface area (TPSA) is 80.5 Å². The summed E-state index contributed by atoms with van der Waals surface area (Å²) < 4.78 is 0.924. The van der Waals surface area contributed by atoms with Crippen molar-refractivity contribution in [3.05, 3.63) is 35.2 Å². The maximum atomic E-state index is 5.58. The van der Waals surface area contributed by atoms with Crippen LogP contribution in [-0.4, -0.2) is 19.9 Å². The Bertz CT molecular complexity index is 691. The summed E-state index contributed by atoms with van der Waals surface area (Å²) in [5.74, 6) is 0.264. The summed E-state index contributed by atoms with van der Waals surface area (Å²) >= 11 is 3.40. The Labute approximate surface area is 105 Å². The second-order valence-electron chi connectivity index (χ2n) is 3.55. The number of nitrogens with zero attached hydrogens (tertiary/aromatic N) is 3. The minimum absolute atomic E-state index is 0.264. The third-order valence-electron chi connectivity index (χ3n) is 2.45. The lowest BCUT2D eigenvalue weighted by molar-refractivity contribution is 1.19. The van der Waals surface area contributed by atoms with Crippen LogP contribution in [0.25, 0.3) is 22.3 Å². The molecule has 0 radical (unpaired) electrons. The fraction of sp³-hybridized carbons (Fsp3) is 0. The predicted molar refractivity (Wildman–Crippen MR) is 69.2 cm³/mol. The molecule has 0 aliphatic carbocycles. The Balaban J connectivity index is 2.27. The van der Waals surface area contributed by atoms with E-state index in [-0.39, 0.29) is 5.95 Å². The monoisotopic (exact) mass is 289 g/mol. The molecule has 0 aliphatic heterocycles. The van der Waals surface area contributed by atoms with E-state index in [1.54, 1.807) is 12.4 Å². The molecular weight excluding hydrogens is 282 g/mol. The molecule has 0 amide bonds. The van der Waals surface area contributed by atoms with E-state index in [1.165, 1.54) is 0 Å². The maximum Gasteiger partial charge on any atom is 0.220 e. The molecule has 0 aliphatic rings. The molecule has 0 saturated heterocycles. The first-order chi connectivity index (χ1) is 8.24. The number of hydrogen-bond donors (Lipinski definition) is 2. The number of nitrogens with one attached hydrogen (secondary N) is 1. The summed E-state index contributed by atoms with van der Waals surface area (Å²) in [4.78, 5) is 15.5. The second kappa shape index (κ2) is 3.81. The van der Waals surface area contributed by atoms with Crippen molar-refractivity contribution in [1.29, 1.82) is 0 Å². The Hall–Kier alpha value is -1.95. The van der Waals surface area contributed by atoms with Gasteiger partial charge in [-0.3, -0.25) is 0 Å². The molecule has 3 rings (SSSR count). The van der Waals surface area contributed by atoms with Gasteiger partial charge < -0.3 is 10.7 Å². The Morgan fingerprint density at radius 1 is 1.29 bits per heavy atom. The number of halogens is 1. The standard InChI is InChI=1S/C11H8BrN5/c12-6-3-7-8(5-16-10(7)15-4-6)9-1-2-14-11(13)17-9/h1-5H,(H,15,16)(H2,13,14,17). The highest BCUT2D eigenvalue weighted by Gasteiger charge is 2.08. The van der Waals surface area contributed by atoms with Gasteiger partial charge in [-0.05, 0) is 28.1 Å². The number of aromatic nitrogens is 4. The lowest BCUT2D eigenvalue weighted by atomic mass is 10.1. The molecule has 0 aromatic carbocycles. The van der Waals surface area contributed by atoms with E-state index in [9.17, 15) is 0 Å². The Morgan fingerprint density at radius 2 is 2.18 bits per heavy atom. The summed E-state index contributed by atoms with van der Waals surface area (Å²) in [6.45, 7) is 0. The van der Waals surface area contributed by atoms with Gasteiger partial charge in [0.15, 0.2) is 0 Å². The molecule has 0 saturated carbocycles. The van der Waals surface area contributed by atoms with Crippen LogP contribution in [0.4, 0.5) is 5.95 Å². The smallest absolute Gasteiger partial charge is 0.220 e. The van der Waals surface area contributed by atoms with E-state index in [1.807, 2.05) is 18.3 Å². The first-order valence-electron chi connectivity index (χ1n) is 4.95. The van der Waals surface area contributed by atoms with Gasteiger partial charge in [0.1, 0.15) is 5.65 Å². The minimum atomic E-state index is 0.264. The van der Waals surface area contributed by atoms with Gasteiger partial charge in [0, 0.05) is 34.0 Å². The fourth-order valence-electron chi connectivity index (χ4n) is 1.71. The van der Waals surface area contributed by atoms with Crippen molar-refractivity contribution in [2.75, 3.05) is 5.73 Å². The highest BCUT2D eigenvalue weighted by molar-refractivity contribution is 9.10. The normalized spacial score (nSPS) is 10.9. The molecule has 0 fully saturated rings. The number of fused-ring (bicyclic) bond motifs is 1. The molecule has 5 nitrogen and oxygen atoms in total. The zero-order valence-electron chi connectivity index (χ0n) is 8.68. The lowest BCUT2D eigenvalue weighted by Crippen LogP contribution is -1.94. The van der Waals surface area contributed by atoms with E-state index >= 15 is 0 Å². The third kappa shape index (κ3) is 1.76. The highest BCUT2D eigenvalue weighted by atomic mass is 79.9. The highest BCUT2D eigenvalue weighted by Crippen LogP contribution is 2.28. The van der Waals surface area contributed by atoms with Crippen LogP contribution in [0.3, 0.4) is 0 Å². The van der Waals surface area contributed by atoms with Gasteiger partial charge in [-0.25, -0.2) is 15.0 Å². The van der Waals surface area contributed by atoms with Crippen molar-refractivity contribution in [2.45, 2.75) is 0 Å². The van der Waals surface area contributed by atoms with Crippen molar-refractivity contribution in [2.24, 2.45) is 0 Å². The number of nitrogens with two attached hydrogens (primary N) is 1. The second-order valence-corrected chi connectivity index (χ2v) is 4.47. The SMILES string of the molecule is Nc1nccc(-c2c[nH]c3ncc(Br)cc23)n1. The quantitative estimate of drug-likeness (QED) is 0.721. The van der Waals surface area contributed by atoms with Crippen molar-refractivity contribution in [3.63, 3.8) is 0 Å². The van der Waals surface area contributed by atoms with Crippen molar-refractivity contribution >= 4 is 32.9 Å². The number of aromatic amines is 1. The summed E-state index contributed by atoms with van der Waals surface area (Å²) in [5.41, 5.74) is 8.14. The van der Waals surface area contributed by atoms with Crippen LogP contribution in [-0.2, 0) is 0 Å². The molecule has 3 heterocycles. The molecule has 0 bridgehead atoms. The van der Waals surface area contributed by atoms with Gasteiger partial charge in [0.2, 0.25) is 5.95 Å². The van der Waals surface area contributed by atoms with Gasteiger partial charge in [-0.2, -0.15) is 0 Å². The molecule has 0 unspecified atom stereocenters.